The van der Waals surface area contributed by atoms with Gasteiger partial charge in [-0.15, -0.1) is 23.5 Å². The number of fused-ring (bicyclic) bond motifs is 4. The second-order valence-electron chi connectivity index (χ2n) is 37.4. The van der Waals surface area contributed by atoms with Gasteiger partial charge in [-0.2, -0.15) is 0 Å². The topological polar surface area (TPSA) is 184 Å². The molecule has 0 bridgehead atoms. The molecule has 142 heavy (non-hydrogen) atoms. The summed E-state index contributed by atoms with van der Waals surface area (Å²) in [6.45, 7) is 39.9. The Bertz CT molecular complexity index is 6670. The second kappa shape index (κ2) is 53.3. The van der Waals surface area contributed by atoms with Crippen molar-refractivity contribution in [3.8, 4) is 0 Å². The third kappa shape index (κ3) is 30.9. The maximum absolute atomic E-state index is 13.9. The summed E-state index contributed by atoms with van der Waals surface area (Å²) in [6, 6.07) is 64.1. The van der Waals surface area contributed by atoms with E-state index in [0.717, 1.165) is 145 Å². The zero-order valence-electron chi connectivity index (χ0n) is 83.8. The minimum absolute atomic E-state index is 0. The van der Waals surface area contributed by atoms with Gasteiger partial charge in [0.1, 0.15) is 40.4 Å². The molecule has 4 aliphatic rings. The molecule has 4 aliphatic carbocycles. The lowest BCUT2D eigenvalue weighted by atomic mass is 9.84. The van der Waals surface area contributed by atoms with Gasteiger partial charge in [0.25, 0.3) is 6.43 Å². The Hall–Kier alpha value is -11.3. The molecule has 0 amide bonds. The van der Waals surface area contributed by atoms with Gasteiger partial charge in [0.05, 0.1) is 4.90 Å². The van der Waals surface area contributed by atoms with E-state index >= 15 is 0 Å². The first-order valence-corrected chi connectivity index (χ1v) is 53.2. The van der Waals surface area contributed by atoms with E-state index in [1.807, 2.05) is 152 Å². The normalized spacial score (nSPS) is 14.5. The number of alkyl halides is 2. The van der Waals surface area contributed by atoms with E-state index in [1.165, 1.54) is 68.7 Å². The molecule has 21 heteroatoms. The molecule has 5 N–H and O–H groups in total. The predicted octanol–water partition coefficient (Wildman–Crippen LogP) is 32.7. The molecular formula is C121H138ClF6N3O7S4. The fourth-order valence-electron chi connectivity index (χ4n) is 16.1. The number of para-hydroxylation sites is 1. The molecule has 10 aromatic carbocycles. The van der Waals surface area contributed by atoms with Gasteiger partial charge < -0.3 is 16.8 Å². The highest BCUT2D eigenvalue weighted by atomic mass is 35.5. The van der Waals surface area contributed by atoms with E-state index in [9.17, 15) is 58.1 Å². The fraction of sp³-hybridized carbons (Fsp3) is 0.306. The number of carbonyl (C=O) groups excluding carboxylic acids is 4. The van der Waals surface area contributed by atoms with Crippen molar-refractivity contribution in [1.82, 2.24) is 0 Å². The number of thioether (sulfide) groups is 2. The van der Waals surface area contributed by atoms with Crippen LogP contribution in [0.2, 0.25) is 5.02 Å². The Kier molecular flexibility index (Phi) is 44.2. The van der Waals surface area contributed by atoms with Gasteiger partial charge in [-0.3, -0.25) is 23.4 Å². The van der Waals surface area contributed by atoms with E-state index in [2.05, 4.69) is 133 Å². The summed E-state index contributed by atoms with van der Waals surface area (Å²) in [4.78, 5) is 51.8. The van der Waals surface area contributed by atoms with Crippen LogP contribution in [-0.2, 0) is 35.0 Å². The summed E-state index contributed by atoms with van der Waals surface area (Å²) in [5, 5.41) is 4.02. The highest BCUT2D eigenvalue weighted by molar-refractivity contribution is 7.98. The number of sulfone groups is 1. The third-order valence-electron chi connectivity index (χ3n) is 25.2. The molecule has 2 atom stereocenters. The van der Waals surface area contributed by atoms with Crippen LogP contribution in [0.1, 0.15) is 240 Å². The highest BCUT2D eigenvalue weighted by Gasteiger charge is 2.43. The van der Waals surface area contributed by atoms with Crippen molar-refractivity contribution in [1.29, 1.82) is 0 Å². The van der Waals surface area contributed by atoms with Crippen molar-refractivity contribution in [3.63, 3.8) is 0 Å². The lowest BCUT2D eigenvalue weighted by molar-refractivity contribution is -0.133. The number of benzene rings is 10. The smallest absolute Gasteiger partial charge is 0.263 e. The van der Waals surface area contributed by atoms with Crippen molar-refractivity contribution in [2.24, 2.45) is 47.0 Å². The number of hydrogen-bond donors (Lipinski definition) is 3. The number of allylic oxidation sites excluding steroid dienone is 14. The standard InChI is InChI=1S/C24H25FO2S.C24H25FS.C23H23FO2S.C22H21FOS.C17H18ClNO.C9H18F2N2O.2CH4/c1-15(2)16(3)12-22-17(4)23(21-11-8-19(25)14-24(21)22)13-18-6-9-20(10-7-18)28(5,26)27;1-15(2)16(3)12-22-17(4)23(21-11-8-19(25)14-24(21)22)13-18-6-9-20(26-5)10-7-18;1-14(2)23(25)13-21-15(3)20(19-10-7-17(24)12-22(19)21)11-16-5-8-18(9-6-16)27(4)26;1-14(2)22(24)12-17-11-16(20-9-6-18(23)13-21(17)20)10-15-4-7-19(25-3)8-5-15;1-11(2)17(20)13-7-4-5-9-16(13)19-15-10-6-8-14(18)12(15)3;1-6(2)7(14)9(13,8(10)11)4-3-5-12;;/h6-11,13-15H,3,12H2,1-2,4-5H3;6-11,13-15H,3,12H2,1-2,4-5H3;5-12,14H,13H2,1-4H3;4-11,13-14H,12H2,1-3H3;4-11,19H,1-3H3;6,8H,3-5,12-13H2,1-2H3;2*1H4/b2*23-13-;20-11-;16-10+;;;;. The summed E-state index contributed by atoms with van der Waals surface area (Å²) >= 11 is 9.57. The van der Waals surface area contributed by atoms with Gasteiger partial charge in [-0.25, -0.2) is 34.8 Å². The minimum Gasteiger partial charge on any atom is -0.355 e. The van der Waals surface area contributed by atoms with E-state index < -0.39 is 44.3 Å². The Morgan fingerprint density at radius 3 is 1.23 bits per heavy atom. The van der Waals surface area contributed by atoms with Gasteiger partial charge in [-0.05, 0) is 364 Å². The molecule has 14 rings (SSSR count). The zero-order chi connectivity index (χ0) is 103. The summed E-state index contributed by atoms with van der Waals surface area (Å²) < 4.78 is 116. The molecule has 0 heterocycles. The number of rotatable bonds is 30. The Labute approximate surface area is 856 Å². The van der Waals surface area contributed by atoms with Crippen LogP contribution in [0.4, 0.5) is 37.7 Å². The molecule has 0 spiro atoms. The molecule has 0 fully saturated rings. The number of Topliss-reactive ketones (excluding diaryl/α,β-unsaturated/α-hetero) is 4. The molecule has 752 valence electrons. The van der Waals surface area contributed by atoms with Gasteiger partial charge in [-0.1, -0.05) is 231 Å². The molecule has 10 aromatic rings. The van der Waals surface area contributed by atoms with Crippen LogP contribution in [-0.4, -0.2) is 79.3 Å². The molecule has 0 saturated heterocycles. The summed E-state index contributed by atoms with van der Waals surface area (Å²) in [5.74, 6) is -0.968. The number of hydrogen-bond acceptors (Lipinski definition) is 12. The highest BCUT2D eigenvalue weighted by Crippen LogP contribution is 2.49. The van der Waals surface area contributed by atoms with Crippen LogP contribution in [0.25, 0.3) is 68.9 Å². The molecule has 0 radical (unpaired) electrons. The van der Waals surface area contributed by atoms with Crippen LogP contribution < -0.4 is 16.8 Å². The van der Waals surface area contributed by atoms with Crippen LogP contribution in [0.15, 0.2) is 279 Å². The van der Waals surface area contributed by atoms with Crippen molar-refractivity contribution < 1.29 is 58.1 Å². The molecule has 2 unspecified atom stereocenters. The Balaban J connectivity index is 0.000000233. The number of anilines is 2. The monoisotopic (exact) mass is 2020 g/mol. The number of halogens is 7. The first-order chi connectivity index (χ1) is 66.1. The third-order valence-corrected chi connectivity index (χ3v) is 29.2. The zero-order valence-corrected chi connectivity index (χ0v) is 87.8. The van der Waals surface area contributed by atoms with E-state index in [-0.39, 0.29) is 86.2 Å². The van der Waals surface area contributed by atoms with Crippen LogP contribution in [0.3, 0.4) is 0 Å². The SMILES string of the molecule is C.C.C=C(CC1=C(C)/C(=C/c2ccc(S(C)(=O)=O)cc2)c2ccc(F)cc21)C(C)C.C=C(CC1=C(C)/C(=C/c2ccc(SC)cc2)c2ccc(F)cc21)C(C)C.CC(C)C(=O)C(N)(CCCN)C(F)F.CC1=C(CC(=O)C(C)C)c2cc(F)ccc2/C1=C\c1ccc(S(C)=O)cc1.CSc1ccc(/C=C2\C=C(CC(=O)C(C)C)c3cc(F)ccc32)cc1.Cc1c(Cl)cccc1Nc1ccccc1C(=O)C(C)C. The Morgan fingerprint density at radius 1 is 0.472 bits per heavy atom. The van der Waals surface area contributed by atoms with E-state index in [1.54, 1.807) is 98.2 Å². The molecular weight excluding hydrogens is 1890 g/mol. The number of nitrogens with two attached hydrogens (primary N) is 2. The van der Waals surface area contributed by atoms with Gasteiger partial charge in [0, 0.05) is 96.5 Å². The molecule has 0 aromatic heterocycles. The lowest BCUT2D eigenvalue weighted by Gasteiger charge is -2.28. The summed E-state index contributed by atoms with van der Waals surface area (Å²) in [6.07, 6.45) is 17.0. The van der Waals surface area contributed by atoms with E-state index in [0.29, 0.717) is 53.0 Å². The largest absolute Gasteiger partial charge is 0.355 e. The summed E-state index contributed by atoms with van der Waals surface area (Å²) in [5.41, 5.74) is 37.8. The maximum Gasteiger partial charge on any atom is 0.263 e. The van der Waals surface area contributed by atoms with Crippen LogP contribution in [0.5, 0.6) is 0 Å². The van der Waals surface area contributed by atoms with Crippen molar-refractivity contribution in [3.05, 3.63) is 366 Å². The average molecular weight is 2020 g/mol. The van der Waals surface area contributed by atoms with Crippen molar-refractivity contribution >= 4 is 159 Å². The lowest BCUT2D eigenvalue weighted by Crippen LogP contribution is -2.56. The number of nitrogens with one attached hydrogen (secondary N) is 1. The number of carbonyl (C=O) groups is 4. The van der Waals surface area contributed by atoms with Crippen LogP contribution >= 0.6 is 35.1 Å². The van der Waals surface area contributed by atoms with Gasteiger partial charge in [0.2, 0.25) is 0 Å². The van der Waals surface area contributed by atoms with Crippen molar-refractivity contribution in [2.45, 2.75) is 196 Å². The quantitative estimate of drug-likeness (QED) is 0.0168. The average Bonchev–Trinajstić information content (AvgIpc) is 1.61. The Morgan fingerprint density at radius 2 is 0.852 bits per heavy atom. The minimum atomic E-state index is -3.22. The van der Waals surface area contributed by atoms with E-state index in [4.69, 9.17) is 23.1 Å². The van der Waals surface area contributed by atoms with Gasteiger partial charge in [0.15, 0.2) is 21.4 Å². The molecule has 0 saturated carbocycles. The van der Waals surface area contributed by atoms with Gasteiger partial charge >= 0.3 is 0 Å². The molecule has 0 aliphatic heterocycles. The van der Waals surface area contributed by atoms with Crippen LogP contribution in [0, 0.1) is 65.7 Å². The predicted molar refractivity (Wildman–Crippen MR) is 593 cm³/mol. The number of ketones is 4. The first kappa shape index (κ1) is 118. The first-order valence-electron chi connectivity index (χ1n) is 46.9. The fourth-order valence-corrected chi connectivity index (χ4v) is 18.3. The maximum atomic E-state index is 13.9. The van der Waals surface area contributed by atoms with Crippen molar-refractivity contribution in [2.75, 3.05) is 36.9 Å². The second-order valence-corrected chi connectivity index (χ2v) is 42.9. The summed E-state index contributed by atoms with van der Waals surface area (Å²) in [7, 11) is -4.24. The molecule has 10 nitrogen and oxygen atoms in total.